The summed E-state index contributed by atoms with van der Waals surface area (Å²) in [4.78, 5) is 4.30. The molecule has 0 aliphatic heterocycles. The lowest BCUT2D eigenvalue weighted by Crippen LogP contribution is -2.03. The lowest BCUT2D eigenvalue weighted by atomic mass is 10.2. The van der Waals surface area contributed by atoms with Gasteiger partial charge in [0, 0.05) is 18.4 Å². The number of nitrogens with zero attached hydrogens (tertiary/aromatic N) is 2. The molecule has 1 aromatic carbocycles. The fraction of sp³-hybridized carbons (Fsp3) is 0.294. The first kappa shape index (κ1) is 14.9. The lowest BCUT2D eigenvalue weighted by molar-refractivity contribution is 0.301. The molecule has 0 amide bonds. The van der Waals surface area contributed by atoms with Crippen LogP contribution in [0.1, 0.15) is 24.6 Å². The van der Waals surface area contributed by atoms with Gasteiger partial charge >= 0.3 is 0 Å². The summed E-state index contributed by atoms with van der Waals surface area (Å²) < 4.78 is 5.71. The first-order valence-corrected chi connectivity index (χ1v) is 7.09. The van der Waals surface area contributed by atoms with E-state index in [-0.39, 0.29) is 0 Å². The second-order valence-electron chi connectivity index (χ2n) is 4.73. The Bertz CT molecular complexity index is 602. The zero-order valence-electron chi connectivity index (χ0n) is 12.2. The van der Waals surface area contributed by atoms with E-state index in [1.54, 1.807) is 6.20 Å². The topological polar surface area (TPSA) is 57.9 Å². The number of ether oxygens (including phenoxy) is 1. The molecule has 0 aliphatic rings. The molecule has 21 heavy (non-hydrogen) atoms. The van der Waals surface area contributed by atoms with Crippen LogP contribution >= 0.6 is 0 Å². The van der Waals surface area contributed by atoms with E-state index in [0.717, 1.165) is 35.7 Å². The van der Waals surface area contributed by atoms with Gasteiger partial charge in [-0.25, -0.2) is 0 Å². The van der Waals surface area contributed by atoms with Gasteiger partial charge in [0.05, 0.1) is 18.2 Å². The van der Waals surface area contributed by atoms with Crippen LogP contribution in [0.25, 0.3) is 0 Å². The maximum atomic E-state index is 8.63. The van der Waals surface area contributed by atoms with Gasteiger partial charge in [-0.2, -0.15) is 5.26 Å². The second kappa shape index (κ2) is 7.91. The van der Waals surface area contributed by atoms with E-state index >= 15 is 0 Å². The van der Waals surface area contributed by atoms with E-state index in [0.29, 0.717) is 13.0 Å². The van der Waals surface area contributed by atoms with Crippen molar-refractivity contribution in [3.8, 4) is 11.8 Å². The van der Waals surface area contributed by atoms with E-state index in [1.807, 2.05) is 36.4 Å². The molecular formula is C17H19N3O. The standard InChI is InChI=1S/C17H19N3O/c1-2-10-19-15-8-11-20-16(12-15)13-21-17-5-3-14(4-6-17)7-9-18/h3-6,8,11-12H,2,7,10,13H2,1H3,(H,19,20). The number of hydrogen-bond acceptors (Lipinski definition) is 4. The van der Waals surface area contributed by atoms with E-state index in [2.05, 4.69) is 23.3 Å². The van der Waals surface area contributed by atoms with Gasteiger partial charge in [-0.15, -0.1) is 0 Å². The molecule has 0 radical (unpaired) electrons. The number of rotatable bonds is 7. The molecule has 4 heteroatoms. The first-order chi connectivity index (χ1) is 10.3. The van der Waals surface area contributed by atoms with Gasteiger partial charge in [0.15, 0.2) is 0 Å². The molecule has 0 fully saturated rings. The summed E-state index contributed by atoms with van der Waals surface area (Å²) >= 11 is 0. The number of hydrogen-bond donors (Lipinski definition) is 1. The number of pyridine rings is 1. The normalized spacial score (nSPS) is 9.90. The van der Waals surface area contributed by atoms with Crippen LogP contribution in [0.4, 0.5) is 5.69 Å². The van der Waals surface area contributed by atoms with Crippen molar-refractivity contribution in [3.05, 3.63) is 53.9 Å². The van der Waals surface area contributed by atoms with Crippen LogP contribution in [0.3, 0.4) is 0 Å². The number of aromatic nitrogens is 1. The van der Waals surface area contributed by atoms with Crippen LogP contribution < -0.4 is 10.1 Å². The average Bonchev–Trinajstić information content (AvgIpc) is 2.53. The van der Waals surface area contributed by atoms with Gasteiger partial charge < -0.3 is 10.1 Å². The predicted octanol–water partition coefficient (Wildman–Crippen LogP) is 3.55. The molecule has 2 aromatic rings. The molecule has 0 unspecified atom stereocenters. The molecule has 2 rings (SSSR count). The van der Waals surface area contributed by atoms with E-state index < -0.39 is 0 Å². The van der Waals surface area contributed by atoms with Crippen LogP contribution in [-0.2, 0) is 13.0 Å². The Morgan fingerprint density at radius 3 is 2.76 bits per heavy atom. The molecule has 4 nitrogen and oxygen atoms in total. The van der Waals surface area contributed by atoms with Gasteiger partial charge in [0.2, 0.25) is 0 Å². The van der Waals surface area contributed by atoms with Crippen molar-refractivity contribution >= 4 is 5.69 Å². The number of nitriles is 1. The number of nitrogens with one attached hydrogen (secondary N) is 1. The summed E-state index contributed by atoms with van der Waals surface area (Å²) in [5.41, 5.74) is 2.95. The lowest BCUT2D eigenvalue weighted by Gasteiger charge is -2.08. The third-order valence-electron chi connectivity index (χ3n) is 2.99. The quantitative estimate of drug-likeness (QED) is 0.843. The summed E-state index contributed by atoms with van der Waals surface area (Å²) in [7, 11) is 0. The molecule has 0 spiro atoms. The smallest absolute Gasteiger partial charge is 0.130 e. The first-order valence-electron chi connectivity index (χ1n) is 7.09. The van der Waals surface area contributed by atoms with Gasteiger partial charge in [0.1, 0.15) is 12.4 Å². The van der Waals surface area contributed by atoms with Crippen molar-refractivity contribution < 1.29 is 4.74 Å². The minimum atomic E-state index is 0.424. The van der Waals surface area contributed by atoms with Crippen molar-refractivity contribution in [2.24, 2.45) is 0 Å². The van der Waals surface area contributed by atoms with Gasteiger partial charge in [-0.05, 0) is 36.2 Å². The molecule has 1 aromatic heterocycles. The SMILES string of the molecule is CCCNc1ccnc(COc2ccc(CC#N)cc2)c1. The molecule has 0 bridgehead atoms. The van der Waals surface area contributed by atoms with E-state index in [4.69, 9.17) is 10.00 Å². The molecule has 108 valence electrons. The van der Waals surface area contributed by atoms with Crippen LogP contribution in [0.15, 0.2) is 42.6 Å². The van der Waals surface area contributed by atoms with Crippen molar-refractivity contribution in [1.29, 1.82) is 5.26 Å². The van der Waals surface area contributed by atoms with Crippen LogP contribution in [-0.4, -0.2) is 11.5 Å². The Labute approximate surface area is 125 Å². The van der Waals surface area contributed by atoms with Crippen molar-refractivity contribution in [3.63, 3.8) is 0 Å². The monoisotopic (exact) mass is 281 g/mol. The van der Waals surface area contributed by atoms with Crippen molar-refractivity contribution in [2.75, 3.05) is 11.9 Å². The number of anilines is 1. The summed E-state index contributed by atoms with van der Waals surface area (Å²) in [6.07, 6.45) is 3.29. The Morgan fingerprint density at radius 2 is 2.05 bits per heavy atom. The summed E-state index contributed by atoms with van der Waals surface area (Å²) in [6.45, 7) is 3.51. The van der Waals surface area contributed by atoms with Gasteiger partial charge in [-0.3, -0.25) is 4.98 Å². The Kier molecular flexibility index (Phi) is 5.60. The molecule has 1 N–H and O–H groups in total. The molecule has 0 saturated carbocycles. The van der Waals surface area contributed by atoms with Crippen LogP contribution in [0.5, 0.6) is 5.75 Å². The Hall–Kier alpha value is -2.54. The highest BCUT2D eigenvalue weighted by Crippen LogP contribution is 2.15. The summed E-state index contributed by atoms with van der Waals surface area (Å²) in [5, 5.41) is 12.0. The zero-order chi connectivity index (χ0) is 14.9. The minimum absolute atomic E-state index is 0.424. The van der Waals surface area contributed by atoms with Crippen molar-refractivity contribution in [1.82, 2.24) is 4.98 Å². The molecule has 0 atom stereocenters. The minimum Gasteiger partial charge on any atom is -0.487 e. The molecule has 0 saturated heterocycles. The highest BCUT2D eigenvalue weighted by molar-refractivity contribution is 5.43. The molecular weight excluding hydrogens is 262 g/mol. The van der Waals surface area contributed by atoms with Crippen molar-refractivity contribution in [2.45, 2.75) is 26.4 Å². The van der Waals surface area contributed by atoms with Crippen LogP contribution in [0, 0.1) is 11.3 Å². The maximum absolute atomic E-state index is 8.63. The Morgan fingerprint density at radius 1 is 1.24 bits per heavy atom. The fourth-order valence-corrected chi connectivity index (χ4v) is 1.89. The highest BCUT2D eigenvalue weighted by Gasteiger charge is 2.00. The maximum Gasteiger partial charge on any atom is 0.130 e. The molecule has 1 heterocycles. The van der Waals surface area contributed by atoms with E-state index in [1.165, 1.54) is 0 Å². The second-order valence-corrected chi connectivity index (χ2v) is 4.73. The van der Waals surface area contributed by atoms with Gasteiger partial charge in [0.25, 0.3) is 0 Å². The van der Waals surface area contributed by atoms with Crippen LogP contribution in [0.2, 0.25) is 0 Å². The zero-order valence-corrected chi connectivity index (χ0v) is 12.2. The third kappa shape index (κ3) is 4.81. The average molecular weight is 281 g/mol. The summed E-state index contributed by atoms with van der Waals surface area (Å²) in [5.74, 6) is 0.783. The highest BCUT2D eigenvalue weighted by atomic mass is 16.5. The third-order valence-corrected chi connectivity index (χ3v) is 2.99. The van der Waals surface area contributed by atoms with E-state index in [9.17, 15) is 0 Å². The molecule has 0 aliphatic carbocycles. The van der Waals surface area contributed by atoms with Gasteiger partial charge in [-0.1, -0.05) is 19.1 Å². The largest absolute Gasteiger partial charge is 0.487 e. The predicted molar refractivity (Wildman–Crippen MR) is 83.1 cm³/mol. The fourth-order valence-electron chi connectivity index (χ4n) is 1.89. The Balaban J connectivity index is 1.91. The summed E-state index contributed by atoms with van der Waals surface area (Å²) in [6, 6.07) is 13.7. The number of benzene rings is 1.